The van der Waals surface area contributed by atoms with Crippen molar-refractivity contribution in [2.75, 3.05) is 0 Å². The van der Waals surface area contributed by atoms with Crippen molar-refractivity contribution in [3.8, 4) is 6.07 Å². The largest absolute Gasteiger partial charge is 0.391 e. The topological polar surface area (TPSA) is 44.0 Å². The molecular weight excluding hydrogens is 162 g/mol. The summed E-state index contributed by atoms with van der Waals surface area (Å²) in [6.07, 6.45) is 7.55. The van der Waals surface area contributed by atoms with Crippen LogP contribution in [0.5, 0.6) is 0 Å². The Bertz CT molecular complexity index is 221. The molecule has 2 saturated carbocycles. The van der Waals surface area contributed by atoms with Crippen LogP contribution < -0.4 is 0 Å². The standard InChI is InChI=1S/C11H17NO/c12-8-11(6-7-11)10(13)9-4-2-1-3-5-9/h9-10,13H,1-7H2. The molecule has 2 rings (SSSR count). The average Bonchev–Trinajstić information content (AvgIpc) is 2.99. The van der Waals surface area contributed by atoms with Gasteiger partial charge in [-0.15, -0.1) is 0 Å². The van der Waals surface area contributed by atoms with Gasteiger partial charge < -0.3 is 5.11 Å². The molecule has 2 heteroatoms. The van der Waals surface area contributed by atoms with E-state index < -0.39 is 0 Å². The summed E-state index contributed by atoms with van der Waals surface area (Å²) >= 11 is 0. The van der Waals surface area contributed by atoms with Crippen molar-refractivity contribution in [1.82, 2.24) is 0 Å². The van der Waals surface area contributed by atoms with E-state index in [2.05, 4.69) is 6.07 Å². The summed E-state index contributed by atoms with van der Waals surface area (Å²) < 4.78 is 0. The molecule has 2 aliphatic rings. The lowest BCUT2D eigenvalue weighted by molar-refractivity contribution is 0.0425. The molecule has 0 aromatic heterocycles. The molecule has 0 heterocycles. The van der Waals surface area contributed by atoms with Crippen LogP contribution in [0.15, 0.2) is 0 Å². The highest BCUT2D eigenvalue weighted by Crippen LogP contribution is 2.51. The van der Waals surface area contributed by atoms with Gasteiger partial charge in [-0.25, -0.2) is 0 Å². The van der Waals surface area contributed by atoms with E-state index in [1.165, 1.54) is 19.3 Å². The van der Waals surface area contributed by atoms with E-state index in [-0.39, 0.29) is 11.5 Å². The fourth-order valence-electron chi connectivity index (χ4n) is 2.51. The highest BCUT2D eigenvalue weighted by Gasteiger charge is 2.52. The van der Waals surface area contributed by atoms with E-state index in [1.807, 2.05) is 0 Å². The normalized spacial score (nSPS) is 29.2. The number of aliphatic hydroxyl groups excluding tert-OH is 1. The lowest BCUT2D eigenvalue weighted by Gasteiger charge is -2.29. The van der Waals surface area contributed by atoms with E-state index in [9.17, 15) is 5.11 Å². The number of hydrogen-bond donors (Lipinski definition) is 1. The molecule has 0 aliphatic heterocycles. The Morgan fingerprint density at radius 1 is 1.23 bits per heavy atom. The van der Waals surface area contributed by atoms with Crippen molar-refractivity contribution in [2.24, 2.45) is 11.3 Å². The Morgan fingerprint density at radius 3 is 2.31 bits per heavy atom. The molecule has 13 heavy (non-hydrogen) atoms. The van der Waals surface area contributed by atoms with Crippen LogP contribution >= 0.6 is 0 Å². The number of nitriles is 1. The smallest absolute Gasteiger partial charge is 0.0836 e. The summed E-state index contributed by atoms with van der Waals surface area (Å²) in [5, 5.41) is 19.0. The quantitative estimate of drug-likeness (QED) is 0.706. The predicted molar refractivity (Wildman–Crippen MR) is 49.9 cm³/mol. The molecular formula is C11H17NO. The zero-order valence-electron chi connectivity index (χ0n) is 8.00. The van der Waals surface area contributed by atoms with E-state index in [4.69, 9.17) is 5.26 Å². The van der Waals surface area contributed by atoms with Crippen LogP contribution in [0, 0.1) is 22.7 Å². The van der Waals surface area contributed by atoms with Crippen LogP contribution in [-0.2, 0) is 0 Å². The predicted octanol–water partition coefficient (Wildman–Crippen LogP) is 2.23. The second-order valence-corrected chi connectivity index (χ2v) is 4.61. The van der Waals surface area contributed by atoms with Crippen molar-refractivity contribution in [1.29, 1.82) is 5.26 Å². The fraction of sp³-hybridized carbons (Fsp3) is 0.909. The molecule has 2 aliphatic carbocycles. The third-order valence-electron chi connectivity index (χ3n) is 3.67. The van der Waals surface area contributed by atoms with Crippen LogP contribution in [0.2, 0.25) is 0 Å². The Kier molecular flexibility index (Phi) is 2.29. The van der Waals surface area contributed by atoms with Gasteiger partial charge in [-0.1, -0.05) is 19.3 Å². The van der Waals surface area contributed by atoms with E-state index in [0.29, 0.717) is 5.92 Å². The Hall–Kier alpha value is -0.550. The van der Waals surface area contributed by atoms with Crippen LogP contribution in [0.1, 0.15) is 44.9 Å². The van der Waals surface area contributed by atoms with Gasteiger partial charge >= 0.3 is 0 Å². The summed E-state index contributed by atoms with van der Waals surface area (Å²) in [5.74, 6) is 0.413. The molecule has 0 radical (unpaired) electrons. The Morgan fingerprint density at radius 2 is 1.85 bits per heavy atom. The van der Waals surface area contributed by atoms with E-state index in [1.54, 1.807) is 0 Å². The molecule has 0 aromatic rings. The first-order valence-electron chi connectivity index (χ1n) is 5.38. The summed E-state index contributed by atoms with van der Waals surface area (Å²) in [7, 11) is 0. The van der Waals surface area contributed by atoms with Gasteiger partial charge in [-0.2, -0.15) is 5.26 Å². The minimum Gasteiger partial charge on any atom is -0.391 e. The molecule has 72 valence electrons. The molecule has 0 saturated heterocycles. The third-order valence-corrected chi connectivity index (χ3v) is 3.67. The number of hydrogen-bond acceptors (Lipinski definition) is 2. The summed E-state index contributed by atoms with van der Waals surface area (Å²) in [5.41, 5.74) is -0.331. The summed E-state index contributed by atoms with van der Waals surface area (Å²) in [6, 6.07) is 2.30. The number of nitrogens with zero attached hydrogens (tertiary/aromatic N) is 1. The van der Waals surface area contributed by atoms with Gasteiger partial charge in [0.1, 0.15) is 0 Å². The minimum absolute atomic E-state index is 0.331. The van der Waals surface area contributed by atoms with Crippen molar-refractivity contribution in [3.05, 3.63) is 0 Å². The van der Waals surface area contributed by atoms with Gasteiger partial charge in [0.15, 0.2) is 0 Å². The second-order valence-electron chi connectivity index (χ2n) is 4.61. The van der Waals surface area contributed by atoms with Crippen LogP contribution in [0.4, 0.5) is 0 Å². The molecule has 2 fully saturated rings. The Balaban J connectivity index is 1.96. The van der Waals surface area contributed by atoms with Gasteiger partial charge in [0.05, 0.1) is 17.6 Å². The molecule has 0 aromatic carbocycles. The zero-order valence-corrected chi connectivity index (χ0v) is 8.00. The third kappa shape index (κ3) is 1.58. The van der Waals surface area contributed by atoms with E-state index in [0.717, 1.165) is 25.7 Å². The maximum atomic E-state index is 10.0. The first kappa shape index (κ1) is 9.02. The maximum Gasteiger partial charge on any atom is 0.0836 e. The van der Waals surface area contributed by atoms with Gasteiger partial charge in [0.2, 0.25) is 0 Å². The van der Waals surface area contributed by atoms with Crippen LogP contribution in [-0.4, -0.2) is 11.2 Å². The SMILES string of the molecule is N#CC1(C(O)C2CCCCC2)CC1. The maximum absolute atomic E-state index is 10.0. The van der Waals surface area contributed by atoms with Crippen LogP contribution in [0.3, 0.4) is 0 Å². The van der Waals surface area contributed by atoms with Crippen molar-refractivity contribution >= 4 is 0 Å². The number of aliphatic hydroxyl groups is 1. The molecule has 1 atom stereocenters. The molecule has 2 nitrogen and oxygen atoms in total. The van der Waals surface area contributed by atoms with Gasteiger partial charge in [0, 0.05) is 0 Å². The second kappa shape index (κ2) is 3.31. The van der Waals surface area contributed by atoms with Gasteiger partial charge in [-0.3, -0.25) is 0 Å². The molecule has 1 unspecified atom stereocenters. The zero-order chi connectivity index (χ0) is 9.31. The molecule has 1 N–H and O–H groups in total. The Labute approximate surface area is 79.6 Å². The fourth-order valence-corrected chi connectivity index (χ4v) is 2.51. The summed E-state index contributed by atoms with van der Waals surface area (Å²) in [6.45, 7) is 0. The van der Waals surface area contributed by atoms with Crippen LogP contribution in [0.25, 0.3) is 0 Å². The molecule has 0 amide bonds. The van der Waals surface area contributed by atoms with Crippen molar-refractivity contribution in [3.63, 3.8) is 0 Å². The summed E-state index contributed by atoms with van der Waals surface area (Å²) in [4.78, 5) is 0. The average molecular weight is 179 g/mol. The van der Waals surface area contributed by atoms with Gasteiger partial charge in [-0.05, 0) is 31.6 Å². The highest BCUT2D eigenvalue weighted by atomic mass is 16.3. The van der Waals surface area contributed by atoms with E-state index >= 15 is 0 Å². The minimum atomic E-state index is -0.335. The lowest BCUT2D eigenvalue weighted by Crippen LogP contribution is -2.31. The molecule has 0 spiro atoms. The van der Waals surface area contributed by atoms with Crippen molar-refractivity contribution < 1.29 is 5.11 Å². The first-order chi connectivity index (χ1) is 6.28. The highest BCUT2D eigenvalue weighted by molar-refractivity contribution is 5.15. The number of rotatable bonds is 2. The monoisotopic (exact) mass is 179 g/mol. The van der Waals surface area contributed by atoms with Gasteiger partial charge in [0.25, 0.3) is 0 Å². The lowest BCUT2D eigenvalue weighted by atomic mass is 9.79. The van der Waals surface area contributed by atoms with Crippen molar-refractivity contribution in [2.45, 2.75) is 51.0 Å². The first-order valence-corrected chi connectivity index (χ1v) is 5.38. The molecule has 0 bridgehead atoms.